The summed E-state index contributed by atoms with van der Waals surface area (Å²) in [7, 11) is 0. The lowest BCUT2D eigenvalue weighted by molar-refractivity contribution is 0.670. The van der Waals surface area contributed by atoms with Crippen molar-refractivity contribution in [2.75, 3.05) is 4.90 Å². The van der Waals surface area contributed by atoms with Crippen LogP contribution >= 0.6 is 0 Å². The molecular formula is C56H37NO. The van der Waals surface area contributed by atoms with Crippen LogP contribution in [0.25, 0.3) is 88.0 Å². The quantitative estimate of drug-likeness (QED) is 0.151. The van der Waals surface area contributed by atoms with E-state index in [0.29, 0.717) is 0 Å². The number of para-hydroxylation sites is 1. The molecular weight excluding hydrogens is 703 g/mol. The molecule has 0 unspecified atom stereocenters. The molecule has 272 valence electrons. The fourth-order valence-electron chi connectivity index (χ4n) is 8.61. The van der Waals surface area contributed by atoms with Crippen LogP contribution in [0.5, 0.6) is 0 Å². The van der Waals surface area contributed by atoms with Crippen molar-refractivity contribution >= 4 is 60.5 Å². The topological polar surface area (TPSA) is 16.4 Å². The molecule has 0 radical (unpaired) electrons. The van der Waals surface area contributed by atoms with Crippen LogP contribution < -0.4 is 4.90 Å². The Morgan fingerprint density at radius 1 is 0.293 bits per heavy atom. The minimum absolute atomic E-state index is 0.866. The molecule has 0 atom stereocenters. The zero-order valence-corrected chi connectivity index (χ0v) is 31.7. The Morgan fingerprint density at radius 3 is 1.47 bits per heavy atom. The molecule has 0 aliphatic carbocycles. The van der Waals surface area contributed by atoms with Gasteiger partial charge in [0.25, 0.3) is 0 Å². The van der Waals surface area contributed by atoms with Crippen molar-refractivity contribution in [3.63, 3.8) is 0 Å². The molecule has 10 aromatic carbocycles. The van der Waals surface area contributed by atoms with E-state index in [0.717, 1.165) is 50.1 Å². The summed E-state index contributed by atoms with van der Waals surface area (Å²) in [6, 6.07) is 80.5. The number of fused-ring (bicyclic) bond motifs is 6. The Hall–Kier alpha value is -7.68. The smallest absolute Gasteiger partial charge is 0.145 e. The Morgan fingerprint density at radius 2 is 0.810 bits per heavy atom. The average Bonchev–Trinajstić information content (AvgIpc) is 3.70. The summed E-state index contributed by atoms with van der Waals surface area (Å²) in [5.74, 6) is 0. The van der Waals surface area contributed by atoms with E-state index in [2.05, 4.69) is 229 Å². The second kappa shape index (κ2) is 14.1. The van der Waals surface area contributed by atoms with E-state index in [1.807, 2.05) is 0 Å². The van der Waals surface area contributed by atoms with Crippen LogP contribution in [-0.2, 0) is 0 Å². The van der Waals surface area contributed by atoms with Crippen molar-refractivity contribution in [2.45, 2.75) is 0 Å². The van der Waals surface area contributed by atoms with Crippen molar-refractivity contribution in [1.82, 2.24) is 0 Å². The molecule has 0 aliphatic rings. The highest BCUT2D eigenvalue weighted by Gasteiger charge is 2.23. The Labute approximate surface area is 337 Å². The summed E-state index contributed by atoms with van der Waals surface area (Å²) < 4.78 is 6.85. The van der Waals surface area contributed by atoms with Crippen molar-refractivity contribution in [3.05, 3.63) is 224 Å². The van der Waals surface area contributed by atoms with Gasteiger partial charge in [0.15, 0.2) is 0 Å². The summed E-state index contributed by atoms with van der Waals surface area (Å²) in [5, 5.41) is 7.04. The summed E-state index contributed by atoms with van der Waals surface area (Å²) in [6.07, 6.45) is 0. The minimum atomic E-state index is 0.866. The number of hydrogen-bond acceptors (Lipinski definition) is 2. The van der Waals surface area contributed by atoms with Crippen LogP contribution in [0.1, 0.15) is 0 Å². The number of furan rings is 1. The number of nitrogens with zero attached hydrogens (tertiary/aromatic N) is 1. The van der Waals surface area contributed by atoms with Gasteiger partial charge in [-0.25, -0.2) is 0 Å². The SMILES string of the molecule is c1ccc(-c2ccc(-c3ccc(N(c4cccc5c4ccc4ccccc45)c4ccc(-c5ccc(-c6ccccc6)cc5)c5oc6ccccc6c45)cc3)cc2)cc1. The van der Waals surface area contributed by atoms with Gasteiger partial charge in [0.1, 0.15) is 11.2 Å². The van der Waals surface area contributed by atoms with E-state index < -0.39 is 0 Å². The van der Waals surface area contributed by atoms with E-state index >= 15 is 0 Å². The van der Waals surface area contributed by atoms with Gasteiger partial charge in [-0.2, -0.15) is 0 Å². The molecule has 1 heterocycles. The summed E-state index contributed by atoms with van der Waals surface area (Å²) >= 11 is 0. The molecule has 2 heteroatoms. The lowest BCUT2D eigenvalue weighted by Crippen LogP contribution is -2.11. The molecule has 0 bridgehead atoms. The van der Waals surface area contributed by atoms with Gasteiger partial charge in [0.05, 0.1) is 16.8 Å². The van der Waals surface area contributed by atoms with Crippen LogP contribution in [0.2, 0.25) is 0 Å². The maximum atomic E-state index is 6.85. The van der Waals surface area contributed by atoms with E-state index in [1.165, 1.54) is 54.9 Å². The lowest BCUT2D eigenvalue weighted by atomic mass is 9.96. The molecule has 2 nitrogen and oxygen atoms in total. The zero-order valence-electron chi connectivity index (χ0n) is 31.7. The summed E-state index contributed by atoms with van der Waals surface area (Å²) in [5.41, 5.74) is 14.3. The van der Waals surface area contributed by atoms with Gasteiger partial charge < -0.3 is 9.32 Å². The zero-order chi connectivity index (χ0) is 38.4. The molecule has 0 saturated heterocycles. The highest BCUT2D eigenvalue weighted by atomic mass is 16.3. The standard InChI is InChI=1S/C56H37NO/c1-3-12-38(13-4-1)40-22-24-42(25-23-40)43-30-33-46(34-31-43)57(52-20-11-19-49-47-17-8-7-16-44(47)32-35-50(49)52)53-37-36-48(56-55(53)51-18-9-10-21-54(51)58-56)45-28-26-41(27-29-45)39-14-5-2-6-15-39/h1-37H. The fraction of sp³-hybridized carbons (Fsp3) is 0. The van der Waals surface area contributed by atoms with E-state index in [9.17, 15) is 0 Å². The first-order valence-electron chi connectivity index (χ1n) is 19.8. The van der Waals surface area contributed by atoms with Gasteiger partial charge in [-0.15, -0.1) is 0 Å². The van der Waals surface area contributed by atoms with Crippen LogP contribution in [0, 0.1) is 0 Å². The maximum absolute atomic E-state index is 6.85. The van der Waals surface area contributed by atoms with Crippen LogP contribution in [0.15, 0.2) is 229 Å². The van der Waals surface area contributed by atoms with Crippen molar-refractivity contribution < 1.29 is 4.42 Å². The first kappa shape index (κ1) is 33.6. The van der Waals surface area contributed by atoms with Gasteiger partial charge in [-0.1, -0.05) is 188 Å². The van der Waals surface area contributed by atoms with Crippen molar-refractivity contribution in [2.24, 2.45) is 0 Å². The van der Waals surface area contributed by atoms with Gasteiger partial charge in [-0.3, -0.25) is 0 Å². The average molecular weight is 740 g/mol. The Kier molecular flexibility index (Phi) is 8.19. The Balaban J connectivity index is 1.10. The molecule has 1 aromatic heterocycles. The normalized spacial score (nSPS) is 11.4. The van der Waals surface area contributed by atoms with Crippen LogP contribution in [-0.4, -0.2) is 0 Å². The molecule has 11 aromatic rings. The van der Waals surface area contributed by atoms with Crippen molar-refractivity contribution in [3.8, 4) is 44.5 Å². The van der Waals surface area contributed by atoms with E-state index in [1.54, 1.807) is 0 Å². The van der Waals surface area contributed by atoms with Crippen molar-refractivity contribution in [1.29, 1.82) is 0 Å². The largest absolute Gasteiger partial charge is 0.455 e. The van der Waals surface area contributed by atoms with E-state index in [-0.39, 0.29) is 0 Å². The molecule has 0 aliphatic heterocycles. The third-order valence-corrected chi connectivity index (χ3v) is 11.5. The molecule has 0 saturated carbocycles. The maximum Gasteiger partial charge on any atom is 0.145 e. The molecule has 0 N–H and O–H groups in total. The summed E-state index contributed by atoms with van der Waals surface area (Å²) in [6.45, 7) is 0. The third kappa shape index (κ3) is 5.82. The number of benzene rings is 10. The molecule has 11 rings (SSSR count). The Bertz CT molecular complexity index is 3240. The molecule has 58 heavy (non-hydrogen) atoms. The highest BCUT2D eigenvalue weighted by Crippen LogP contribution is 2.48. The van der Waals surface area contributed by atoms with Crippen LogP contribution in [0.3, 0.4) is 0 Å². The monoisotopic (exact) mass is 739 g/mol. The second-order valence-electron chi connectivity index (χ2n) is 14.9. The van der Waals surface area contributed by atoms with Gasteiger partial charge in [-0.05, 0) is 91.5 Å². The lowest BCUT2D eigenvalue weighted by Gasteiger charge is -2.28. The van der Waals surface area contributed by atoms with Gasteiger partial charge >= 0.3 is 0 Å². The fourth-order valence-corrected chi connectivity index (χ4v) is 8.61. The number of hydrogen-bond donors (Lipinski definition) is 0. The molecule has 0 amide bonds. The first-order valence-corrected chi connectivity index (χ1v) is 19.8. The second-order valence-corrected chi connectivity index (χ2v) is 14.9. The number of anilines is 3. The van der Waals surface area contributed by atoms with E-state index in [4.69, 9.17) is 4.42 Å². The predicted molar refractivity (Wildman–Crippen MR) is 245 cm³/mol. The highest BCUT2D eigenvalue weighted by molar-refractivity contribution is 6.19. The molecule has 0 fully saturated rings. The number of rotatable bonds is 7. The molecule has 0 spiro atoms. The predicted octanol–water partition coefficient (Wildman–Crippen LogP) is 16.0. The van der Waals surface area contributed by atoms with Crippen LogP contribution in [0.4, 0.5) is 17.1 Å². The van der Waals surface area contributed by atoms with Gasteiger partial charge in [0, 0.05) is 22.0 Å². The minimum Gasteiger partial charge on any atom is -0.455 e. The summed E-state index contributed by atoms with van der Waals surface area (Å²) in [4.78, 5) is 2.42. The van der Waals surface area contributed by atoms with Gasteiger partial charge in [0.2, 0.25) is 0 Å². The third-order valence-electron chi connectivity index (χ3n) is 11.5. The first-order chi connectivity index (χ1) is 28.8.